The second kappa shape index (κ2) is 3.88. The predicted molar refractivity (Wildman–Crippen MR) is 69.6 cm³/mol. The van der Waals surface area contributed by atoms with Crippen molar-refractivity contribution in [1.82, 2.24) is 9.78 Å². The monoisotopic (exact) mass is 278 g/mol. The van der Waals surface area contributed by atoms with Gasteiger partial charge in [0.15, 0.2) is 0 Å². The highest BCUT2D eigenvalue weighted by atomic mass is 79.9. The quantitative estimate of drug-likeness (QED) is 0.771. The molecule has 0 unspecified atom stereocenters. The van der Waals surface area contributed by atoms with E-state index in [2.05, 4.69) is 34.1 Å². The van der Waals surface area contributed by atoms with Gasteiger partial charge < -0.3 is 0 Å². The molecule has 1 aliphatic rings. The van der Waals surface area contributed by atoms with Crippen LogP contribution in [0.3, 0.4) is 0 Å². The smallest absolute Gasteiger partial charge is 0.0734 e. The minimum atomic E-state index is 0.679. The van der Waals surface area contributed by atoms with Gasteiger partial charge in [-0.2, -0.15) is 5.10 Å². The first kappa shape index (κ1) is 10.3. The van der Waals surface area contributed by atoms with Crippen molar-refractivity contribution in [2.75, 3.05) is 0 Å². The summed E-state index contributed by atoms with van der Waals surface area (Å²) >= 11 is 3.55. The predicted octanol–water partition coefficient (Wildman–Crippen LogP) is 3.99. The number of rotatable bonds is 1. The Morgan fingerprint density at radius 3 is 2.81 bits per heavy atom. The Bertz CT molecular complexity index is 524. The molecule has 2 nitrogen and oxygen atoms in total. The van der Waals surface area contributed by atoms with Crippen LogP contribution in [0.2, 0.25) is 0 Å². The van der Waals surface area contributed by atoms with Gasteiger partial charge in [0.25, 0.3) is 0 Å². The van der Waals surface area contributed by atoms with Gasteiger partial charge >= 0.3 is 0 Å². The van der Waals surface area contributed by atoms with E-state index in [0.29, 0.717) is 5.92 Å². The second-order valence-corrected chi connectivity index (χ2v) is 5.57. The molecule has 3 heteroatoms. The molecule has 1 aliphatic carbocycles. The normalized spacial score (nSPS) is 17.4. The molecule has 0 atom stereocenters. The van der Waals surface area contributed by atoms with Crippen molar-refractivity contribution in [3.8, 4) is 0 Å². The van der Waals surface area contributed by atoms with E-state index >= 15 is 0 Å². The highest BCUT2D eigenvalue weighted by Crippen LogP contribution is 2.37. The van der Waals surface area contributed by atoms with E-state index < -0.39 is 0 Å². The van der Waals surface area contributed by atoms with E-state index in [4.69, 9.17) is 5.10 Å². The van der Waals surface area contributed by atoms with E-state index in [1.807, 2.05) is 11.7 Å². The Kier molecular flexibility index (Phi) is 2.51. The number of hydrogen-bond donors (Lipinski definition) is 0. The lowest BCUT2D eigenvalue weighted by Crippen LogP contribution is -1.96. The third kappa shape index (κ3) is 1.58. The van der Waals surface area contributed by atoms with Crippen molar-refractivity contribution in [3.05, 3.63) is 28.4 Å². The van der Waals surface area contributed by atoms with Gasteiger partial charge in [-0.3, -0.25) is 4.68 Å². The molecule has 0 N–H and O–H groups in total. The van der Waals surface area contributed by atoms with E-state index in [-0.39, 0.29) is 0 Å². The van der Waals surface area contributed by atoms with E-state index in [0.717, 1.165) is 4.47 Å². The number of hydrogen-bond acceptors (Lipinski definition) is 1. The van der Waals surface area contributed by atoms with Gasteiger partial charge in [-0.1, -0.05) is 28.8 Å². The number of aryl methyl sites for hydroxylation is 1. The summed E-state index contributed by atoms with van der Waals surface area (Å²) < 4.78 is 3.15. The standard InChI is InChI=1S/C13H15BrN2/c1-16-12-7-6-10(14)8-11(12)13(15-16)9-4-2-3-5-9/h6-9H,2-5H2,1H3. The second-order valence-electron chi connectivity index (χ2n) is 4.65. The molecule has 0 saturated heterocycles. The van der Waals surface area contributed by atoms with E-state index in [9.17, 15) is 0 Å². The first-order chi connectivity index (χ1) is 7.75. The molecular formula is C13H15BrN2. The van der Waals surface area contributed by atoms with E-state index in [1.165, 1.54) is 42.3 Å². The lowest BCUT2D eigenvalue weighted by molar-refractivity contribution is 0.666. The molecule has 2 aromatic rings. The summed E-state index contributed by atoms with van der Waals surface area (Å²) in [5.41, 5.74) is 2.54. The Labute approximate surface area is 104 Å². The molecule has 1 aromatic heterocycles. The zero-order valence-corrected chi connectivity index (χ0v) is 11.0. The van der Waals surface area contributed by atoms with Gasteiger partial charge in [0.05, 0.1) is 11.2 Å². The molecular weight excluding hydrogens is 264 g/mol. The Morgan fingerprint density at radius 2 is 2.06 bits per heavy atom. The largest absolute Gasteiger partial charge is 0.268 e. The molecule has 0 amide bonds. The van der Waals surface area contributed by atoms with Crippen LogP contribution in [0.5, 0.6) is 0 Å². The van der Waals surface area contributed by atoms with Crippen LogP contribution in [0.25, 0.3) is 10.9 Å². The summed E-state index contributed by atoms with van der Waals surface area (Å²) in [5, 5.41) is 6.03. The molecule has 0 aliphatic heterocycles. The molecule has 3 rings (SSSR count). The molecule has 84 valence electrons. The minimum Gasteiger partial charge on any atom is -0.268 e. The van der Waals surface area contributed by atoms with Crippen LogP contribution >= 0.6 is 15.9 Å². The van der Waals surface area contributed by atoms with Gasteiger partial charge in [0, 0.05) is 22.8 Å². The molecule has 0 bridgehead atoms. The first-order valence-electron chi connectivity index (χ1n) is 5.88. The average Bonchev–Trinajstić information content (AvgIpc) is 2.86. The summed E-state index contributed by atoms with van der Waals surface area (Å²) in [6.07, 6.45) is 5.32. The van der Waals surface area contributed by atoms with Crippen LogP contribution < -0.4 is 0 Å². The van der Waals surface area contributed by atoms with Crippen LogP contribution in [0.1, 0.15) is 37.3 Å². The summed E-state index contributed by atoms with van der Waals surface area (Å²) in [4.78, 5) is 0. The van der Waals surface area contributed by atoms with Gasteiger partial charge in [0.1, 0.15) is 0 Å². The molecule has 1 heterocycles. The fourth-order valence-electron chi connectivity index (χ4n) is 2.77. The fourth-order valence-corrected chi connectivity index (χ4v) is 3.13. The number of fused-ring (bicyclic) bond motifs is 1. The summed E-state index contributed by atoms with van der Waals surface area (Å²) in [6, 6.07) is 6.43. The topological polar surface area (TPSA) is 17.8 Å². The molecule has 1 aromatic carbocycles. The lowest BCUT2D eigenvalue weighted by Gasteiger charge is -2.05. The minimum absolute atomic E-state index is 0.679. The summed E-state index contributed by atoms with van der Waals surface area (Å²) in [7, 11) is 2.04. The maximum atomic E-state index is 4.71. The van der Waals surface area contributed by atoms with Crippen molar-refractivity contribution in [2.45, 2.75) is 31.6 Å². The Morgan fingerprint density at radius 1 is 1.31 bits per heavy atom. The Hall–Kier alpha value is -0.830. The number of aromatic nitrogens is 2. The van der Waals surface area contributed by atoms with Gasteiger partial charge in [-0.25, -0.2) is 0 Å². The average molecular weight is 279 g/mol. The van der Waals surface area contributed by atoms with Crippen LogP contribution in [0.4, 0.5) is 0 Å². The number of nitrogens with zero attached hydrogens (tertiary/aromatic N) is 2. The highest BCUT2D eigenvalue weighted by Gasteiger charge is 2.22. The molecule has 0 spiro atoms. The maximum absolute atomic E-state index is 4.71. The first-order valence-corrected chi connectivity index (χ1v) is 6.67. The van der Waals surface area contributed by atoms with Crippen LogP contribution in [-0.4, -0.2) is 9.78 Å². The molecule has 1 saturated carbocycles. The third-order valence-corrected chi connectivity index (χ3v) is 4.08. The number of halogens is 1. The summed E-state index contributed by atoms with van der Waals surface area (Å²) in [6.45, 7) is 0. The van der Waals surface area contributed by atoms with Crippen molar-refractivity contribution in [1.29, 1.82) is 0 Å². The van der Waals surface area contributed by atoms with Crippen LogP contribution in [0, 0.1) is 0 Å². The lowest BCUT2D eigenvalue weighted by atomic mass is 10.0. The fraction of sp³-hybridized carbons (Fsp3) is 0.462. The zero-order valence-electron chi connectivity index (χ0n) is 9.41. The van der Waals surface area contributed by atoms with Gasteiger partial charge in [-0.15, -0.1) is 0 Å². The van der Waals surface area contributed by atoms with Crippen molar-refractivity contribution >= 4 is 26.8 Å². The third-order valence-electron chi connectivity index (χ3n) is 3.58. The van der Waals surface area contributed by atoms with Crippen molar-refractivity contribution in [2.24, 2.45) is 7.05 Å². The van der Waals surface area contributed by atoms with Crippen LogP contribution in [0.15, 0.2) is 22.7 Å². The zero-order chi connectivity index (χ0) is 11.1. The van der Waals surface area contributed by atoms with Crippen LogP contribution in [-0.2, 0) is 7.05 Å². The Balaban J connectivity index is 2.19. The van der Waals surface area contributed by atoms with Gasteiger partial charge in [0.2, 0.25) is 0 Å². The van der Waals surface area contributed by atoms with Crippen molar-refractivity contribution in [3.63, 3.8) is 0 Å². The van der Waals surface area contributed by atoms with Gasteiger partial charge in [-0.05, 0) is 31.0 Å². The highest BCUT2D eigenvalue weighted by molar-refractivity contribution is 9.10. The number of benzene rings is 1. The molecule has 16 heavy (non-hydrogen) atoms. The van der Waals surface area contributed by atoms with E-state index in [1.54, 1.807) is 0 Å². The molecule has 0 radical (unpaired) electrons. The maximum Gasteiger partial charge on any atom is 0.0734 e. The molecule has 1 fully saturated rings. The SMILES string of the molecule is Cn1nc(C2CCCC2)c2cc(Br)ccc21. The van der Waals surface area contributed by atoms with Crippen molar-refractivity contribution < 1.29 is 0 Å². The summed E-state index contributed by atoms with van der Waals surface area (Å²) in [5.74, 6) is 0.679.